The molecule has 0 spiro atoms. The van der Waals surface area contributed by atoms with E-state index in [-0.39, 0.29) is 24.5 Å². The molecular weight excluding hydrogens is 432 g/mol. The number of hydrogen-bond donors (Lipinski definition) is 3. The summed E-state index contributed by atoms with van der Waals surface area (Å²) < 4.78 is 5.62. The number of carboxylic acid groups (broad SMARTS) is 1. The Morgan fingerprint density at radius 3 is 2.21 bits per heavy atom. The van der Waals surface area contributed by atoms with Gasteiger partial charge in [-0.1, -0.05) is 73.5 Å². The number of rotatable bonds is 8. The molecule has 7 nitrogen and oxygen atoms in total. The molecule has 7 heteroatoms. The van der Waals surface area contributed by atoms with Crippen LogP contribution in [0.25, 0.3) is 11.1 Å². The average Bonchev–Trinajstić information content (AvgIpc) is 3.42. The Morgan fingerprint density at radius 1 is 0.971 bits per heavy atom. The molecule has 0 aromatic heterocycles. The van der Waals surface area contributed by atoms with Crippen molar-refractivity contribution in [3.05, 3.63) is 71.8 Å². The first-order chi connectivity index (χ1) is 16.5. The first-order valence-electron chi connectivity index (χ1n) is 11.8. The molecule has 34 heavy (non-hydrogen) atoms. The molecule has 2 amide bonds. The Hall–Kier alpha value is -3.61. The van der Waals surface area contributed by atoms with Crippen molar-refractivity contribution in [3.8, 4) is 11.1 Å². The van der Waals surface area contributed by atoms with Crippen LogP contribution in [0.3, 0.4) is 0 Å². The summed E-state index contributed by atoms with van der Waals surface area (Å²) >= 11 is 0. The number of carbonyl (C=O) groups is 3. The molecule has 0 aliphatic heterocycles. The van der Waals surface area contributed by atoms with Crippen LogP contribution < -0.4 is 10.6 Å². The molecule has 0 heterocycles. The van der Waals surface area contributed by atoms with E-state index in [1.165, 1.54) is 0 Å². The minimum atomic E-state index is -0.903. The highest BCUT2D eigenvalue weighted by Crippen LogP contribution is 2.44. The fourth-order valence-corrected chi connectivity index (χ4v) is 4.97. The fraction of sp³-hybridized carbons (Fsp3) is 0.370. The van der Waals surface area contributed by atoms with Crippen molar-refractivity contribution in [2.24, 2.45) is 11.8 Å². The number of benzene rings is 2. The summed E-state index contributed by atoms with van der Waals surface area (Å²) in [7, 11) is 0. The Balaban J connectivity index is 1.20. The first kappa shape index (κ1) is 22.2. The Kier molecular flexibility index (Phi) is 6.09. The highest BCUT2D eigenvalue weighted by atomic mass is 16.5. The molecule has 2 aromatic rings. The number of ether oxygens (including phenoxy) is 1. The van der Waals surface area contributed by atoms with Gasteiger partial charge >= 0.3 is 12.1 Å². The monoisotopic (exact) mass is 460 g/mol. The van der Waals surface area contributed by atoms with Gasteiger partial charge in [-0.3, -0.25) is 9.59 Å². The molecule has 2 unspecified atom stereocenters. The van der Waals surface area contributed by atoms with Gasteiger partial charge in [0, 0.05) is 12.0 Å². The van der Waals surface area contributed by atoms with Gasteiger partial charge in [0.1, 0.15) is 12.6 Å². The molecule has 3 N–H and O–H groups in total. The van der Waals surface area contributed by atoms with E-state index in [0.717, 1.165) is 35.1 Å². The second-order valence-corrected chi connectivity index (χ2v) is 9.38. The van der Waals surface area contributed by atoms with Crippen LogP contribution in [0.4, 0.5) is 4.79 Å². The fourth-order valence-electron chi connectivity index (χ4n) is 4.97. The lowest BCUT2D eigenvalue weighted by atomic mass is 9.98. The first-order valence-corrected chi connectivity index (χ1v) is 11.8. The normalized spacial score (nSPS) is 21.4. The van der Waals surface area contributed by atoms with E-state index >= 15 is 0 Å². The van der Waals surface area contributed by atoms with Crippen molar-refractivity contribution in [1.82, 2.24) is 10.6 Å². The second-order valence-electron chi connectivity index (χ2n) is 9.38. The van der Waals surface area contributed by atoms with Gasteiger partial charge in [-0.25, -0.2) is 4.79 Å². The van der Waals surface area contributed by atoms with Gasteiger partial charge in [-0.2, -0.15) is 0 Å². The molecule has 1 saturated carbocycles. The maximum atomic E-state index is 12.9. The quantitative estimate of drug-likeness (QED) is 0.519. The van der Waals surface area contributed by atoms with Gasteiger partial charge < -0.3 is 20.5 Å². The predicted octanol–water partition coefficient (Wildman–Crippen LogP) is 3.84. The van der Waals surface area contributed by atoms with Crippen molar-refractivity contribution in [3.63, 3.8) is 0 Å². The number of carboxylic acids is 1. The molecule has 0 radical (unpaired) electrons. The van der Waals surface area contributed by atoms with Crippen molar-refractivity contribution in [2.75, 3.05) is 6.61 Å². The zero-order chi connectivity index (χ0) is 23.7. The van der Waals surface area contributed by atoms with Crippen LogP contribution in [0.2, 0.25) is 0 Å². The van der Waals surface area contributed by atoms with Crippen molar-refractivity contribution >= 4 is 18.0 Å². The maximum absolute atomic E-state index is 12.9. The lowest BCUT2D eigenvalue weighted by Gasteiger charge is -2.21. The second kappa shape index (κ2) is 9.33. The molecule has 5 rings (SSSR count). The van der Waals surface area contributed by atoms with Gasteiger partial charge in [0.15, 0.2) is 0 Å². The highest BCUT2D eigenvalue weighted by molar-refractivity contribution is 5.86. The Bertz CT molecular complexity index is 1090. The number of amides is 2. The predicted molar refractivity (Wildman–Crippen MR) is 126 cm³/mol. The largest absolute Gasteiger partial charge is 0.481 e. The number of hydrogen-bond acceptors (Lipinski definition) is 4. The van der Waals surface area contributed by atoms with Crippen LogP contribution in [0.15, 0.2) is 60.7 Å². The van der Waals surface area contributed by atoms with Crippen LogP contribution in [0.5, 0.6) is 0 Å². The zero-order valence-corrected chi connectivity index (χ0v) is 18.8. The maximum Gasteiger partial charge on any atom is 0.407 e. The van der Waals surface area contributed by atoms with E-state index < -0.39 is 24.0 Å². The van der Waals surface area contributed by atoms with Crippen molar-refractivity contribution in [2.45, 2.75) is 43.7 Å². The number of nitrogens with one attached hydrogen (secondary N) is 2. The number of carbonyl (C=O) groups excluding carboxylic acids is 2. The number of alkyl carbamates (subject to hydrolysis) is 1. The lowest BCUT2D eigenvalue weighted by Crippen LogP contribution is -2.49. The summed E-state index contributed by atoms with van der Waals surface area (Å²) in [6.07, 6.45) is 5.64. The summed E-state index contributed by atoms with van der Waals surface area (Å²) in [6, 6.07) is 15.2. The van der Waals surface area contributed by atoms with E-state index in [1.54, 1.807) is 12.2 Å². The van der Waals surface area contributed by atoms with E-state index in [9.17, 15) is 14.4 Å². The van der Waals surface area contributed by atoms with E-state index in [0.29, 0.717) is 18.8 Å². The number of aliphatic carboxylic acids is 1. The molecule has 0 saturated heterocycles. The van der Waals surface area contributed by atoms with Gasteiger partial charge in [0.05, 0.1) is 5.92 Å². The topological polar surface area (TPSA) is 105 Å². The smallest absolute Gasteiger partial charge is 0.407 e. The molecule has 176 valence electrons. The van der Waals surface area contributed by atoms with Gasteiger partial charge in [-0.05, 0) is 41.0 Å². The lowest BCUT2D eigenvalue weighted by molar-refractivity contribution is -0.140. The summed E-state index contributed by atoms with van der Waals surface area (Å²) in [5.74, 6) is -1.44. The van der Waals surface area contributed by atoms with Crippen LogP contribution in [-0.2, 0) is 14.3 Å². The third kappa shape index (κ3) is 4.69. The Morgan fingerprint density at radius 2 is 1.62 bits per heavy atom. The highest BCUT2D eigenvalue weighted by Gasteiger charge is 2.34. The molecule has 3 aliphatic carbocycles. The molecule has 3 atom stereocenters. The van der Waals surface area contributed by atoms with Crippen LogP contribution >= 0.6 is 0 Å². The van der Waals surface area contributed by atoms with Gasteiger partial charge in [-0.15, -0.1) is 0 Å². The minimum absolute atomic E-state index is 0.0505. The summed E-state index contributed by atoms with van der Waals surface area (Å²) in [5.41, 5.74) is 4.57. The van der Waals surface area contributed by atoms with Gasteiger partial charge in [0.2, 0.25) is 5.91 Å². The van der Waals surface area contributed by atoms with Gasteiger partial charge in [0.25, 0.3) is 0 Å². The third-order valence-electron chi connectivity index (χ3n) is 6.95. The summed E-state index contributed by atoms with van der Waals surface area (Å²) in [4.78, 5) is 36.8. The Labute approximate surface area is 198 Å². The SMILES string of the molecule is O=C(N[C@@H](CC1CC1)C(=O)NC1C=CC(C(=O)O)C1)OCC1c2ccccc2-c2ccccc21. The molecule has 2 aromatic carbocycles. The van der Waals surface area contributed by atoms with Crippen LogP contribution in [0.1, 0.15) is 42.7 Å². The van der Waals surface area contributed by atoms with Crippen molar-refractivity contribution < 1.29 is 24.2 Å². The average molecular weight is 461 g/mol. The standard InChI is InChI=1S/C27H28N2O5/c30-25(28-18-12-11-17(14-18)26(31)32)24(13-16-9-10-16)29-27(33)34-15-23-21-7-3-1-5-19(21)20-6-2-4-8-22(20)23/h1-8,11-12,16-18,23-24H,9-10,13-15H2,(H,28,30)(H,29,33)(H,31,32)/t17?,18?,24-/m0/s1. The summed E-state index contributed by atoms with van der Waals surface area (Å²) in [6.45, 7) is 0.184. The number of fused-ring (bicyclic) bond motifs is 3. The zero-order valence-electron chi connectivity index (χ0n) is 18.8. The molecular formula is C27H28N2O5. The van der Waals surface area contributed by atoms with Crippen molar-refractivity contribution in [1.29, 1.82) is 0 Å². The summed E-state index contributed by atoms with van der Waals surface area (Å²) in [5, 5.41) is 14.8. The molecule has 0 bridgehead atoms. The van der Waals surface area contributed by atoms with E-state index in [2.05, 4.69) is 34.9 Å². The van der Waals surface area contributed by atoms with E-state index in [1.807, 2.05) is 24.3 Å². The third-order valence-corrected chi connectivity index (χ3v) is 6.95. The van der Waals surface area contributed by atoms with E-state index in [4.69, 9.17) is 9.84 Å². The minimum Gasteiger partial charge on any atom is -0.481 e. The van der Waals surface area contributed by atoms with Crippen LogP contribution in [-0.4, -0.2) is 41.8 Å². The molecule has 1 fully saturated rings. The van der Waals surface area contributed by atoms with Crippen LogP contribution in [0, 0.1) is 11.8 Å². The molecule has 3 aliphatic rings.